The highest BCUT2D eigenvalue weighted by atomic mass is 16.5. The number of esters is 1. The van der Waals surface area contributed by atoms with Crippen molar-refractivity contribution in [3.63, 3.8) is 0 Å². The summed E-state index contributed by atoms with van der Waals surface area (Å²) in [6.07, 6.45) is 2.35. The van der Waals surface area contributed by atoms with Crippen LogP contribution >= 0.6 is 0 Å². The molecule has 0 saturated carbocycles. The van der Waals surface area contributed by atoms with Crippen LogP contribution in [0.5, 0.6) is 0 Å². The Morgan fingerprint density at radius 1 is 1.50 bits per heavy atom. The normalized spacial score (nSPS) is 18.9. The van der Waals surface area contributed by atoms with Crippen molar-refractivity contribution in [3.8, 4) is 0 Å². The lowest BCUT2D eigenvalue weighted by Crippen LogP contribution is -2.42. The molecule has 1 atom stereocenters. The second-order valence-corrected chi connectivity index (χ2v) is 4.94. The van der Waals surface area contributed by atoms with Crippen LogP contribution in [0, 0.1) is 12.8 Å². The molecule has 0 aliphatic carbocycles. The first-order chi connectivity index (χ1) is 9.60. The standard InChI is InChI=1S/C13H19N3O4/c1-9-14-11(20-15-9)5-6-12(17)16-7-3-4-10(8-16)13(18)19-2/h10H,3-8H2,1-2H3/t10-/m0/s1. The summed E-state index contributed by atoms with van der Waals surface area (Å²) >= 11 is 0. The summed E-state index contributed by atoms with van der Waals surface area (Å²) in [5.74, 6) is 0.599. The molecule has 1 aliphatic rings. The molecule has 0 radical (unpaired) electrons. The van der Waals surface area contributed by atoms with Gasteiger partial charge in [-0.25, -0.2) is 0 Å². The number of aryl methyl sites for hydroxylation is 2. The van der Waals surface area contributed by atoms with Crippen LogP contribution < -0.4 is 0 Å². The quantitative estimate of drug-likeness (QED) is 0.756. The molecule has 20 heavy (non-hydrogen) atoms. The molecule has 1 aliphatic heterocycles. The SMILES string of the molecule is COC(=O)[C@H]1CCCN(C(=O)CCc2nc(C)no2)C1. The van der Waals surface area contributed by atoms with Gasteiger partial charge in [-0.3, -0.25) is 9.59 Å². The molecule has 1 amide bonds. The fourth-order valence-corrected chi connectivity index (χ4v) is 2.38. The van der Waals surface area contributed by atoms with E-state index in [1.54, 1.807) is 11.8 Å². The van der Waals surface area contributed by atoms with Crippen molar-refractivity contribution in [2.45, 2.75) is 32.6 Å². The Morgan fingerprint density at radius 3 is 2.95 bits per heavy atom. The van der Waals surface area contributed by atoms with Crippen molar-refractivity contribution < 1.29 is 18.8 Å². The summed E-state index contributed by atoms with van der Waals surface area (Å²) in [7, 11) is 1.38. The summed E-state index contributed by atoms with van der Waals surface area (Å²) in [5, 5.41) is 3.68. The number of methoxy groups -OCH3 is 1. The molecule has 1 aromatic rings. The van der Waals surface area contributed by atoms with Crippen LogP contribution in [0.4, 0.5) is 0 Å². The first kappa shape index (κ1) is 14.5. The van der Waals surface area contributed by atoms with Crippen LogP contribution in [0.25, 0.3) is 0 Å². The lowest BCUT2D eigenvalue weighted by Gasteiger charge is -2.31. The van der Waals surface area contributed by atoms with Gasteiger partial charge in [0.1, 0.15) is 0 Å². The lowest BCUT2D eigenvalue weighted by molar-refractivity contribution is -0.149. The average molecular weight is 281 g/mol. The number of hydrogen-bond acceptors (Lipinski definition) is 6. The van der Waals surface area contributed by atoms with E-state index in [0.29, 0.717) is 37.6 Å². The second kappa shape index (κ2) is 6.49. The molecule has 7 nitrogen and oxygen atoms in total. The highest BCUT2D eigenvalue weighted by Crippen LogP contribution is 2.18. The maximum Gasteiger partial charge on any atom is 0.310 e. The van der Waals surface area contributed by atoms with Gasteiger partial charge in [-0.05, 0) is 19.8 Å². The number of amides is 1. The molecule has 0 N–H and O–H groups in total. The van der Waals surface area contributed by atoms with Gasteiger partial charge in [0.15, 0.2) is 5.82 Å². The first-order valence-electron chi connectivity index (χ1n) is 6.75. The zero-order valence-corrected chi connectivity index (χ0v) is 11.8. The number of carbonyl (C=O) groups is 2. The zero-order chi connectivity index (χ0) is 14.5. The van der Waals surface area contributed by atoms with Crippen LogP contribution in [0.1, 0.15) is 31.0 Å². The maximum atomic E-state index is 12.1. The van der Waals surface area contributed by atoms with Gasteiger partial charge in [-0.15, -0.1) is 0 Å². The van der Waals surface area contributed by atoms with Gasteiger partial charge in [-0.2, -0.15) is 4.98 Å². The number of aromatic nitrogens is 2. The van der Waals surface area contributed by atoms with Gasteiger partial charge in [-0.1, -0.05) is 5.16 Å². The van der Waals surface area contributed by atoms with E-state index < -0.39 is 0 Å². The molecule has 2 heterocycles. The van der Waals surface area contributed by atoms with Crippen LogP contribution in [-0.4, -0.2) is 47.1 Å². The number of likely N-dealkylation sites (tertiary alicyclic amines) is 1. The lowest BCUT2D eigenvalue weighted by atomic mass is 9.98. The van der Waals surface area contributed by atoms with Crippen LogP contribution in [0.2, 0.25) is 0 Å². The minimum Gasteiger partial charge on any atom is -0.469 e. The number of hydrogen-bond donors (Lipinski definition) is 0. The topological polar surface area (TPSA) is 85.5 Å². The number of piperidine rings is 1. The average Bonchev–Trinajstić information content (AvgIpc) is 2.89. The summed E-state index contributed by atoms with van der Waals surface area (Å²) in [4.78, 5) is 29.4. The van der Waals surface area contributed by atoms with E-state index in [1.807, 2.05) is 0 Å². The monoisotopic (exact) mass is 281 g/mol. The zero-order valence-electron chi connectivity index (χ0n) is 11.8. The molecule has 110 valence electrons. The summed E-state index contributed by atoms with van der Waals surface area (Å²) < 4.78 is 9.71. The Hall–Kier alpha value is -1.92. The fraction of sp³-hybridized carbons (Fsp3) is 0.692. The first-order valence-corrected chi connectivity index (χ1v) is 6.75. The van der Waals surface area contributed by atoms with Gasteiger partial charge in [0.2, 0.25) is 11.8 Å². The van der Waals surface area contributed by atoms with E-state index in [9.17, 15) is 9.59 Å². The summed E-state index contributed by atoms with van der Waals surface area (Å²) in [5.41, 5.74) is 0. The third-order valence-electron chi connectivity index (χ3n) is 3.43. The molecule has 0 unspecified atom stereocenters. The van der Waals surface area contributed by atoms with Crippen molar-refractivity contribution >= 4 is 11.9 Å². The number of nitrogens with zero attached hydrogens (tertiary/aromatic N) is 3. The molecule has 0 spiro atoms. The predicted octanol–water partition coefficient (Wildman–Crippen LogP) is 0.722. The number of ether oxygens (including phenoxy) is 1. The van der Waals surface area contributed by atoms with Crippen molar-refractivity contribution in [1.29, 1.82) is 0 Å². The Kier molecular flexibility index (Phi) is 4.70. The molecule has 0 bridgehead atoms. The van der Waals surface area contributed by atoms with E-state index in [1.165, 1.54) is 7.11 Å². The Balaban J connectivity index is 1.84. The third-order valence-corrected chi connectivity index (χ3v) is 3.43. The molecular weight excluding hydrogens is 262 g/mol. The van der Waals surface area contributed by atoms with Gasteiger partial charge < -0.3 is 14.2 Å². The fourth-order valence-electron chi connectivity index (χ4n) is 2.38. The molecule has 1 saturated heterocycles. The van der Waals surface area contributed by atoms with Crippen molar-refractivity contribution in [2.24, 2.45) is 5.92 Å². The Bertz CT molecular complexity index is 486. The minimum absolute atomic E-state index is 0.00876. The smallest absolute Gasteiger partial charge is 0.310 e. The second-order valence-electron chi connectivity index (χ2n) is 4.94. The van der Waals surface area contributed by atoms with E-state index in [2.05, 4.69) is 10.1 Å². The number of carbonyl (C=O) groups excluding carboxylic acids is 2. The predicted molar refractivity (Wildman–Crippen MR) is 68.7 cm³/mol. The van der Waals surface area contributed by atoms with E-state index in [0.717, 1.165) is 12.8 Å². The van der Waals surface area contributed by atoms with E-state index in [4.69, 9.17) is 9.26 Å². The molecule has 1 fully saturated rings. The highest BCUT2D eigenvalue weighted by Gasteiger charge is 2.28. The molecule has 0 aromatic carbocycles. The summed E-state index contributed by atoms with van der Waals surface area (Å²) in [6, 6.07) is 0. The Morgan fingerprint density at radius 2 is 2.30 bits per heavy atom. The van der Waals surface area contributed by atoms with Gasteiger partial charge in [0, 0.05) is 25.9 Å². The minimum atomic E-state index is -0.241. The maximum absolute atomic E-state index is 12.1. The number of rotatable bonds is 4. The van der Waals surface area contributed by atoms with Gasteiger partial charge >= 0.3 is 5.97 Å². The summed E-state index contributed by atoms with van der Waals surface area (Å²) in [6.45, 7) is 2.87. The molecule has 7 heteroatoms. The highest BCUT2D eigenvalue weighted by molar-refractivity contribution is 5.78. The van der Waals surface area contributed by atoms with Crippen LogP contribution in [0.15, 0.2) is 4.52 Å². The van der Waals surface area contributed by atoms with Crippen molar-refractivity contribution in [1.82, 2.24) is 15.0 Å². The Labute approximate surface area is 117 Å². The third kappa shape index (κ3) is 3.55. The molecule has 2 rings (SSSR count). The van der Waals surface area contributed by atoms with E-state index in [-0.39, 0.29) is 17.8 Å². The van der Waals surface area contributed by atoms with Crippen molar-refractivity contribution in [3.05, 3.63) is 11.7 Å². The molecular formula is C13H19N3O4. The largest absolute Gasteiger partial charge is 0.469 e. The van der Waals surface area contributed by atoms with Gasteiger partial charge in [0.05, 0.1) is 13.0 Å². The van der Waals surface area contributed by atoms with E-state index >= 15 is 0 Å². The van der Waals surface area contributed by atoms with Crippen LogP contribution in [-0.2, 0) is 20.7 Å². The van der Waals surface area contributed by atoms with Crippen molar-refractivity contribution in [2.75, 3.05) is 20.2 Å². The van der Waals surface area contributed by atoms with Gasteiger partial charge in [0.25, 0.3) is 0 Å². The van der Waals surface area contributed by atoms with Crippen LogP contribution in [0.3, 0.4) is 0 Å². The molecule has 1 aromatic heterocycles.